The van der Waals surface area contributed by atoms with Gasteiger partial charge in [0.15, 0.2) is 0 Å². The maximum atomic E-state index is 13.2. The van der Waals surface area contributed by atoms with Gasteiger partial charge in [-0.3, -0.25) is 24.6 Å². The lowest BCUT2D eigenvalue weighted by Gasteiger charge is -2.36. The minimum atomic E-state index is -0.569. The Kier molecular flexibility index (Phi) is 4.56. The molecule has 1 aromatic heterocycles. The molecule has 5 rings (SSSR count). The van der Waals surface area contributed by atoms with E-state index in [0.29, 0.717) is 17.3 Å². The van der Waals surface area contributed by atoms with Crippen LogP contribution in [0.2, 0.25) is 5.02 Å². The number of imide groups is 1. The van der Waals surface area contributed by atoms with Gasteiger partial charge >= 0.3 is 0 Å². The van der Waals surface area contributed by atoms with E-state index < -0.39 is 11.0 Å². The summed E-state index contributed by atoms with van der Waals surface area (Å²) in [5.74, 6) is -0.599. The minimum absolute atomic E-state index is 0.0755. The Morgan fingerprint density at radius 3 is 2.61 bits per heavy atom. The van der Waals surface area contributed by atoms with Crippen LogP contribution in [0.25, 0.3) is 10.9 Å². The summed E-state index contributed by atoms with van der Waals surface area (Å²) in [6.07, 6.45) is 0.830. The van der Waals surface area contributed by atoms with Gasteiger partial charge in [0.25, 0.3) is 11.6 Å². The van der Waals surface area contributed by atoms with Crippen LogP contribution >= 0.6 is 11.6 Å². The maximum Gasteiger partial charge on any atom is 0.269 e. The first-order chi connectivity index (χ1) is 14.8. The molecule has 3 aromatic rings. The highest BCUT2D eigenvalue weighted by Crippen LogP contribution is 2.38. The number of halogens is 1. The van der Waals surface area contributed by atoms with Gasteiger partial charge in [0.1, 0.15) is 0 Å². The molecule has 2 aliphatic heterocycles. The number of nitrogens with zero attached hydrogens (tertiary/aromatic N) is 3. The van der Waals surface area contributed by atoms with Crippen LogP contribution in [0, 0.1) is 10.1 Å². The van der Waals surface area contributed by atoms with Crippen LogP contribution in [-0.2, 0) is 16.0 Å². The summed E-state index contributed by atoms with van der Waals surface area (Å²) >= 11 is 6.17. The number of nitrogens with one attached hydrogen (secondary N) is 1. The zero-order valence-electron chi connectivity index (χ0n) is 16.7. The Hall–Kier alpha value is -3.23. The largest absolute Gasteiger partial charge is 0.357 e. The van der Waals surface area contributed by atoms with E-state index >= 15 is 0 Å². The Morgan fingerprint density at radius 2 is 1.90 bits per heavy atom. The number of nitro benzene ring substituents is 1. The molecule has 2 aliphatic rings. The van der Waals surface area contributed by atoms with Crippen molar-refractivity contribution in [2.75, 3.05) is 11.4 Å². The third-order valence-electron chi connectivity index (χ3n) is 6.28. The van der Waals surface area contributed by atoms with Crippen LogP contribution < -0.4 is 4.90 Å². The summed E-state index contributed by atoms with van der Waals surface area (Å²) in [4.78, 5) is 42.9. The number of fused-ring (bicyclic) bond motifs is 3. The third kappa shape index (κ3) is 3.10. The van der Waals surface area contributed by atoms with Crippen molar-refractivity contribution >= 4 is 45.7 Å². The van der Waals surface area contributed by atoms with Crippen molar-refractivity contribution in [2.24, 2.45) is 0 Å². The summed E-state index contributed by atoms with van der Waals surface area (Å²) in [7, 11) is 0. The standard InChI is InChI=1S/C22H19ClN4O4/c1-12-21-16(17-10-13(23)2-7-18(17)24-21)8-9-25(12)19-11-20(28)26(22(19)29)14-3-5-15(6-4-14)27(30)31/h2-7,10,12,19,24H,8-9,11H2,1H3. The minimum Gasteiger partial charge on any atom is -0.357 e. The molecule has 2 atom stereocenters. The number of H-pyrrole nitrogens is 1. The van der Waals surface area contributed by atoms with Gasteiger partial charge in [-0.1, -0.05) is 11.6 Å². The number of benzene rings is 2. The lowest BCUT2D eigenvalue weighted by Crippen LogP contribution is -2.46. The summed E-state index contributed by atoms with van der Waals surface area (Å²) in [6.45, 7) is 2.67. The molecule has 0 spiro atoms. The fraction of sp³-hybridized carbons (Fsp3) is 0.273. The molecule has 8 nitrogen and oxygen atoms in total. The van der Waals surface area contributed by atoms with Crippen molar-refractivity contribution in [1.82, 2.24) is 9.88 Å². The normalized spacial score (nSPS) is 21.7. The molecular weight excluding hydrogens is 420 g/mol. The monoisotopic (exact) mass is 438 g/mol. The Bertz CT molecular complexity index is 1240. The van der Waals surface area contributed by atoms with Gasteiger partial charge in [0, 0.05) is 46.3 Å². The molecule has 2 aromatic carbocycles. The number of aromatic amines is 1. The molecule has 1 saturated heterocycles. The molecule has 2 unspecified atom stereocenters. The summed E-state index contributed by atoms with van der Waals surface area (Å²) in [5.41, 5.74) is 3.51. The first kappa shape index (κ1) is 19.7. The molecule has 1 N–H and O–H groups in total. The molecule has 2 amide bonds. The van der Waals surface area contributed by atoms with Crippen molar-refractivity contribution < 1.29 is 14.5 Å². The van der Waals surface area contributed by atoms with Gasteiger partial charge in [0.2, 0.25) is 5.91 Å². The van der Waals surface area contributed by atoms with Crippen LogP contribution in [0.1, 0.15) is 30.6 Å². The summed E-state index contributed by atoms with van der Waals surface area (Å²) in [5, 5.41) is 12.7. The number of rotatable bonds is 3. The van der Waals surface area contributed by atoms with Gasteiger partial charge in [-0.15, -0.1) is 0 Å². The first-order valence-electron chi connectivity index (χ1n) is 10.0. The number of hydrogen-bond acceptors (Lipinski definition) is 5. The molecular formula is C22H19ClN4O4. The van der Waals surface area contributed by atoms with Crippen molar-refractivity contribution in [1.29, 1.82) is 0 Å². The van der Waals surface area contributed by atoms with Crippen molar-refractivity contribution in [3.63, 3.8) is 0 Å². The number of non-ortho nitro benzene ring substituents is 1. The zero-order chi connectivity index (χ0) is 21.9. The molecule has 0 saturated carbocycles. The molecule has 9 heteroatoms. The fourth-order valence-corrected chi connectivity index (χ4v) is 4.93. The Labute approximate surface area is 182 Å². The van der Waals surface area contributed by atoms with Crippen LogP contribution in [0.5, 0.6) is 0 Å². The van der Waals surface area contributed by atoms with Gasteiger partial charge in [-0.25, -0.2) is 4.90 Å². The van der Waals surface area contributed by atoms with Gasteiger partial charge in [0.05, 0.1) is 23.1 Å². The van der Waals surface area contributed by atoms with Crippen molar-refractivity contribution in [2.45, 2.75) is 31.8 Å². The molecule has 0 bridgehead atoms. The first-order valence-corrected chi connectivity index (χ1v) is 10.4. The van der Waals surface area contributed by atoms with Crippen LogP contribution in [0.15, 0.2) is 42.5 Å². The SMILES string of the molecule is CC1c2[nH]c3ccc(Cl)cc3c2CCN1C1CC(=O)N(c2ccc([N+](=O)[O-])cc2)C1=O. The topological polar surface area (TPSA) is 99.6 Å². The number of hydrogen-bond donors (Lipinski definition) is 1. The molecule has 3 heterocycles. The third-order valence-corrected chi connectivity index (χ3v) is 6.51. The van der Waals surface area contributed by atoms with Gasteiger partial charge in [-0.2, -0.15) is 0 Å². The number of anilines is 1. The van der Waals surface area contributed by atoms with E-state index in [0.717, 1.165) is 27.9 Å². The number of amides is 2. The van der Waals surface area contributed by atoms with Crippen LogP contribution in [0.4, 0.5) is 11.4 Å². The van der Waals surface area contributed by atoms with E-state index in [2.05, 4.69) is 9.88 Å². The fourth-order valence-electron chi connectivity index (χ4n) is 4.76. The smallest absolute Gasteiger partial charge is 0.269 e. The summed E-state index contributed by atoms with van der Waals surface area (Å²) in [6, 6.07) is 10.6. The van der Waals surface area contributed by atoms with Crippen LogP contribution in [-0.4, -0.2) is 39.2 Å². The molecule has 31 heavy (non-hydrogen) atoms. The highest BCUT2D eigenvalue weighted by Gasteiger charge is 2.45. The van der Waals surface area contributed by atoms with Crippen molar-refractivity contribution in [3.05, 3.63) is 68.9 Å². The lowest BCUT2D eigenvalue weighted by molar-refractivity contribution is -0.384. The van der Waals surface area contributed by atoms with Gasteiger partial charge in [-0.05, 0) is 49.2 Å². The lowest BCUT2D eigenvalue weighted by atomic mass is 9.96. The highest BCUT2D eigenvalue weighted by atomic mass is 35.5. The molecule has 158 valence electrons. The average Bonchev–Trinajstić information content (AvgIpc) is 3.25. The van der Waals surface area contributed by atoms with Crippen molar-refractivity contribution in [3.8, 4) is 0 Å². The van der Waals surface area contributed by atoms with E-state index in [1.165, 1.54) is 29.8 Å². The second-order valence-electron chi connectivity index (χ2n) is 7.93. The average molecular weight is 439 g/mol. The van der Waals surface area contributed by atoms with E-state index in [9.17, 15) is 19.7 Å². The summed E-state index contributed by atoms with van der Waals surface area (Å²) < 4.78 is 0. The Balaban J connectivity index is 1.43. The number of aromatic nitrogens is 1. The van der Waals surface area contributed by atoms with E-state index in [1.54, 1.807) is 0 Å². The van der Waals surface area contributed by atoms with E-state index in [4.69, 9.17) is 11.6 Å². The molecule has 1 fully saturated rings. The zero-order valence-corrected chi connectivity index (χ0v) is 17.4. The Morgan fingerprint density at radius 1 is 1.16 bits per heavy atom. The number of carbonyl (C=O) groups excluding carboxylic acids is 2. The second-order valence-corrected chi connectivity index (χ2v) is 8.37. The van der Waals surface area contributed by atoms with Crippen LogP contribution in [0.3, 0.4) is 0 Å². The number of nitro groups is 1. The predicted molar refractivity (Wildman–Crippen MR) is 116 cm³/mol. The number of carbonyl (C=O) groups is 2. The highest BCUT2D eigenvalue weighted by molar-refractivity contribution is 6.31. The quantitative estimate of drug-likeness (QED) is 0.378. The van der Waals surface area contributed by atoms with Gasteiger partial charge < -0.3 is 4.98 Å². The predicted octanol–water partition coefficient (Wildman–Crippen LogP) is 3.98. The van der Waals surface area contributed by atoms with E-state index in [-0.39, 0.29) is 30.0 Å². The molecule has 0 radical (unpaired) electrons. The molecule has 0 aliphatic carbocycles. The second kappa shape index (κ2) is 7.18. The van der Waals surface area contributed by atoms with E-state index in [1.807, 2.05) is 25.1 Å². The maximum absolute atomic E-state index is 13.2.